The number of rotatable bonds is 2. The van der Waals surface area contributed by atoms with Crippen molar-refractivity contribution >= 4 is 36.2 Å². The Morgan fingerprint density at radius 1 is 1.50 bits per heavy atom. The Morgan fingerprint density at radius 3 is 2.90 bits per heavy atom. The highest BCUT2D eigenvalue weighted by Gasteiger charge is 1.89. The van der Waals surface area contributed by atoms with Crippen molar-refractivity contribution in [2.45, 2.75) is 4.90 Å². The molecule has 0 radical (unpaired) electrons. The summed E-state index contributed by atoms with van der Waals surface area (Å²) in [5, 5.41) is 0. The van der Waals surface area contributed by atoms with E-state index in [0.29, 0.717) is 0 Å². The second-order valence-electron chi connectivity index (χ2n) is 1.85. The van der Waals surface area contributed by atoms with Crippen LogP contribution < -0.4 is 0 Å². The average molecular weight is 262 g/mol. The van der Waals surface area contributed by atoms with E-state index in [4.69, 9.17) is 0 Å². The van der Waals surface area contributed by atoms with Gasteiger partial charge in [0.2, 0.25) is 0 Å². The Hall–Kier alpha value is 0.0400. The molecule has 0 N–H and O–H groups in total. The summed E-state index contributed by atoms with van der Waals surface area (Å²) in [6, 6.07) is 8.29. The van der Waals surface area contributed by atoms with Crippen LogP contribution in [0.1, 0.15) is 5.56 Å². The van der Waals surface area contributed by atoms with Gasteiger partial charge in [-0.2, -0.15) is 0 Å². The minimum absolute atomic E-state index is 1.18. The monoisotopic (exact) mass is 262 g/mol. The summed E-state index contributed by atoms with van der Waals surface area (Å²) in [7, 11) is 1.72. The van der Waals surface area contributed by atoms with E-state index in [-0.39, 0.29) is 0 Å². The van der Waals surface area contributed by atoms with E-state index < -0.39 is 0 Å². The lowest BCUT2D eigenvalue weighted by Gasteiger charge is -1.94. The molecular formula is C8H7IS. The van der Waals surface area contributed by atoms with Crippen molar-refractivity contribution in [3.63, 3.8) is 0 Å². The van der Waals surface area contributed by atoms with Crippen molar-refractivity contribution in [2.75, 3.05) is 0 Å². The third kappa shape index (κ3) is 2.02. The molecule has 0 aliphatic rings. The molecule has 1 aromatic rings. The highest BCUT2D eigenvalue weighted by molar-refractivity contribution is 14.2. The first-order chi connectivity index (χ1) is 4.86. The number of hydrogen-bond acceptors (Lipinski definition) is 1. The molecule has 0 unspecified atom stereocenters. The molecule has 0 nitrogen and oxygen atoms in total. The Bertz CT molecular complexity index is 232. The summed E-state index contributed by atoms with van der Waals surface area (Å²) in [5.41, 5.74) is 1.18. The van der Waals surface area contributed by atoms with E-state index in [1.165, 1.54) is 10.5 Å². The van der Waals surface area contributed by atoms with Crippen LogP contribution in [0.25, 0.3) is 6.08 Å². The molecule has 0 aliphatic carbocycles. The van der Waals surface area contributed by atoms with Crippen molar-refractivity contribution in [1.82, 2.24) is 0 Å². The van der Waals surface area contributed by atoms with Crippen LogP contribution in [0.3, 0.4) is 0 Å². The van der Waals surface area contributed by atoms with Crippen molar-refractivity contribution in [3.8, 4) is 0 Å². The van der Waals surface area contributed by atoms with Gasteiger partial charge in [0.1, 0.15) is 0 Å². The largest absolute Gasteiger partial charge is 0.0985 e. The normalized spacial score (nSPS) is 9.30. The van der Waals surface area contributed by atoms with Gasteiger partial charge in [-0.1, -0.05) is 33.7 Å². The van der Waals surface area contributed by atoms with Gasteiger partial charge in [0.15, 0.2) is 0 Å². The van der Waals surface area contributed by atoms with Crippen molar-refractivity contribution < 1.29 is 0 Å². The van der Waals surface area contributed by atoms with Crippen LogP contribution in [-0.2, 0) is 0 Å². The lowest BCUT2D eigenvalue weighted by molar-refractivity contribution is 1.46. The summed E-state index contributed by atoms with van der Waals surface area (Å²) >= 11 is 2.27. The fourth-order valence-electron chi connectivity index (χ4n) is 0.690. The molecule has 0 spiro atoms. The first kappa shape index (κ1) is 8.14. The van der Waals surface area contributed by atoms with Gasteiger partial charge >= 0.3 is 0 Å². The zero-order valence-corrected chi connectivity index (χ0v) is 8.35. The van der Waals surface area contributed by atoms with Gasteiger partial charge < -0.3 is 0 Å². The molecule has 1 rings (SSSR count). The van der Waals surface area contributed by atoms with Crippen LogP contribution in [0.2, 0.25) is 0 Å². The smallest absolute Gasteiger partial charge is 0.0184 e. The van der Waals surface area contributed by atoms with E-state index in [2.05, 4.69) is 39.9 Å². The minimum Gasteiger partial charge on any atom is -0.0985 e. The fourth-order valence-corrected chi connectivity index (χ4v) is 1.82. The van der Waals surface area contributed by atoms with Gasteiger partial charge in [-0.15, -0.1) is 0 Å². The second-order valence-corrected chi connectivity index (χ2v) is 3.80. The average Bonchev–Trinajstić information content (AvgIpc) is 2.05. The van der Waals surface area contributed by atoms with E-state index in [1.807, 2.05) is 18.2 Å². The molecule has 2 heteroatoms. The molecule has 0 aromatic heterocycles. The first-order valence-corrected chi connectivity index (χ1v) is 6.24. The third-order valence-corrected chi connectivity index (χ3v) is 3.14. The highest BCUT2D eigenvalue weighted by Crippen LogP contribution is 2.25. The van der Waals surface area contributed by atoms with Crippen LogP contribution in [-0.4, -0.2) is 0 Å². The van der Waals surface area contributed by atoms with E-state index in [9.17, 15) is 0 Å². The van der Waals surface area contributed by atoms with Crippen LogP contribution in [0.15, 0.2) is 35.7 Å². The van der Waals surface area contributed by atoms with Crippen LogP contribution in [0.5, 0.6) is 0 Å². The number of halogens is 1. The zero-order valence-electron chi connectivity index (χ0n) is 5.38. The van der Waals surface area contributed by atoms with E-state index in [0.717, 1.165) is 0 Å². The van der Waals surface area contributed by atoms with E-state index in [1.54, 1.807) is 8.93 Å². The Labute approximate surface area is 77.3 Å². The maximum Gasteiger partial charge on any atom is 0.0184 e. The molecule has 0 fully saturated rings. The van der Waals surface area contributed by atoms with Gasteiger partial charge in [-0.25, -0.2) is 0 Å². The quantitative estimate of drug-likeness (QED) is 0.731. The molecular weight excluding hydrogens is 255 g/mol. The molecule has 0 aliphatic heterocycles. The van der Waals surface area contributed by atoms with Crippen molar-refractivity contribution in [2.24, 2.45) is 0 Å². The molecule has 0 saturated heterocycles. The SMILES string of the molecule is C=Cc1cccc(SI)c1. The lowest BCUT2D eigenvalue weighted by atomic mass is 10.2. The standard InChI is InChI=1S/C8H7IS/c1-2-7-4-3-5-8(6-7)10-9/h2-6H,1H2. The number of benzene rings is 1. The van der Waals surface area contributed by atoms with E-state index >= 15 is 0 Å². The van der Waals surface area contributed by atoms with Crippen LogP contribution >= 0.6 is 30.1 Å². The minimum atomic E-state index is 1.18. The van der Waals surface area contributed by atoms with Gasteiger partial charge in [0, 0.05) is 26.1 Å². The maximum atomic E-state index is 3.69. The van der Waals surface area contributed by atoms with Gasteiger partial charge in [0.25, 0.3) is 0 Å². The summed E-state index contributed by atoms with van der Waals surface area (Å²) in [5.74, 6) is 0. The Balaban J connectivity index is 2.98. The molecule has 0 amide bonds. The molecule has 0 heterocycles. The van der Waals surface area contributed by atoms with Crippen LogP contribution in [0.4, 0.5) is 0 Å². The van der Waals surface area contributed by atoms with Gasteiger partial charge in [-0.3, -0.25) is 0 Å². The predicted octanol–water partition coefficient (Wildman–Crippen LogP) is 3.77. The summed E-state index contributed by atoms with van der Waals surface area (Å²) in [6.45, 7) is 3.69. The molecule has 0 atom stereocenters. The lowest BCUT2D eigenvalue weighted by Crippen LogP contribution is -1.70. The third-order valence-electron chi connectivity index (χ3n) is 1.18. The van der Waals surface area contributed by atoms with Crippen LogP contribution in [0, 0.1) is 0 Å². The molecule has 10 heavy (non-hydrogen) atoms. The Kier molecular flexibility index (Phi) is 3.28. The summed E-state index contributed by atoms with van der Waals surface area (Å²) in [6.07, 6.45) is 1.86. The Morgan fingerprint density at radius 2 is 2.30 bits per heavy atom. The molecule has 0 bridgehead atoms. The van der Waals surface area contributed by atoms with Gasteiger partial charge in [-0.05, 0) is 17.7 Å². The molecule has 52 valence electrons. The molecule has 1 aromatic carbocycles. The molecule has 0 saturated carbocycles. The second kappa shape index (κ2) is 4.03. The summed E-state index contributed by atoms with van der Waals surface area (Å²) in [4.78, 5) is 1.28. The zero-order chi connectivity index (χ0) is 7.40. The van der Waals surface area contributed by atoms with Crippen molar-refractivity contribution in [3.05, 3.63) is 36.4 Å². The summed E-state index contributed by atoms with van der Waals surface area (Å²) < 4.78 is 0. The first-order valence-electron chi connectivity index (χ1n) is 2.88. The maximum absolute atomic E-state index is 3.69. The number of hydrogen-bond donors (Lipinski definition) is 0. The van der Waals surface area contributed by atoms with Gasteiger partial charge in [0.05, 0.1) is 0 Å². The fraction of sp³-hybridized carbons (Fsp3) is 0. The predicted molar refractivity (Wildman–Crippen MR) is 56.4 cm³/mol. The highest BCUT2D eigenvalue weighted by atomic mass is 127. The topological polar surface area (TPSA) is 0 Å². The van der Waals surface area contributed by atoms with Crippen molar-refractivity contribution in [1.29, 1.82) is 0 Å².